The van der Waals surface area contributed by atoms with Crippen LogP contribution >= 0.6 is 11.6 Å². The molecule has 1 aromatic heterocycles. The summed E-state index contributed by atoms with van der Waals surface area (Å²) in [5.41, 5.74) is 14.0. The molecule has 0 saturated heterocycles. The minimum atomic E-state index is -0.610. The van der Waals surface area contributed by atoms with E-state index < -0.39 is 5.97 Å². The van der Waals surface area contributed by atoms with Crippen LogP contribution < -0.4 is 11.5 Å². The standard InChI is InChI=1S/C17H20ClN5O2/c1-9(2)14(16(20)23-15(19)10(3)18)17(24)25-8-13-21-11-6-4-5-7-12(11)22-13/h4-7H,8,19H2,1-3H3,(H2,20,23)(H,21,22)/b15-10+. The first-order valence-corrected chi connectivity index (χ1v) is 7.92. The molecule has 132 valence electrons. The highest BCUT2D eigenvalue weighted by Crippen LogP contribution is 2.13. The number of para-hydroxylation sites is 2. The quantitative estimate of drug-likeness (QED) is 0.327. The van der Waals surface area contributed by atoms with Gasteiger partial charge in [-0.1, -0.05) is 29.3 Å². The maximum Gasteiger partial charge on any atom is 0.342 e. The molecule has 0 amide bonds. The van der Waals surface area contributed by atoms with Crippen molar-refractivity contribution in [2.75, 3.05) is 0 Å². The van der Waals surface area contributed by atoms with E-state index >= 15 is 0 Å². The summed E-state index contributed by atoms with van der Waals surface area (Å²) in [5.74, 6) is -0.0778. The van der Waals surface area contributed by atoms with E-state index in [-0.39, 0.29) is 28.9 Å². The number of carbonyl (C=O) groups is 1. The number of nitrogens with one attached hydrogen (secondary N) is 1. The number of aliphatic imine (C=N–C) groups is 1. The molecular weight excluding hydrogens is 342 g/mol. The normalized spacial score (nSPS) is 12.7. The summed E-state index contributed by atoms with van der Waals surface area (Å²) in [4.78, 5) is 23.8. The molecule has 1 aromatic carbocycles. The predicted molar refractivity (Wildman–Crippen MR) is 98.6 cm³/mol. The highest BCUT2D eigenvalue weighted by Gasteiger charge is 2.18. The van der Waals surface area contributed by atoms with Crippen molar-refractivity contribution in [1.29, 1.82) is 0 Å². The summed E-state index contributed by atoms with van der Waals surface area (Å²) in [7, 11) is 0. The van der Waals surface area contributed by atoms with Gasteiger partial charge in [0.05, 0.1) is 16.1 Å². The molecule has 0 bridgehead atoms. The van der Waals surface area contributed by atoms with Crippen LogP contribution in [0.3, 0.4) is 0 Å². The molecule has 2 aromatic rings. The second-order valence-corrected chi connectivity index (χ2v) is 6.13. The Hall–Kier alpha value is -2.80. The van der Waals surface area contributed by atoms with Crippen LogP contribution in [0.15, 0.2) is 51.3 Å². The van der Waals surface area contributed by atoms with E-state index in [1.54, 1.807) is 20.8 Å². The Balaban J connectivity index is 2.16. The first-order chi connectivity index (χ1) is 11.8. The number of benzene rings is 1. The number of fused-ring (bicyclic) bond motifs is 1. The number of aromatic amines is 1. The molecule has 0 atom stereocenters. The minimum absolute atomic E-state index is 0.0164. The zero-order valence-corrected chi connectivity index (χ0v) is 15.0. The third-order valence-electron chi connectivity index (χ3n) is 3.33. The first-order valence-electron chi connectivity index (χ1n) is 7.54. The molecule has 0 spiro atoms. The van der Waals surface area contributed by atoms with Gasteiger partial charge in [0, 0.05) is 0 Å². The molecule has 5 N–H and O–H groups in total. The smallest absolute Gasteiger partial charge is 0.342 e. The maximum atomic E-state index is 12.4. The van der Waals surface area contributed by atoms with Crippen LogP contribution in [0.2, 0.25) is 0 Å². The van der Waals surface area contributed by atoms with Crippen molar-refractivity contribution in [1.82, 2.24) is 9.97 Å². The van der Waals surface area contributed by atoms with Crippen molar-refractivity contribution in [2.45, 2.75) is 27.4 Å². The minimum Gasteiger partial charge on any atom is -0.454 e. The van der Waals surface area contributed by atoms with Crippen molar-refractivity contribution < 1.29 is 9.53 Å². The number of aromatic nitrogens is 2. The summed E-state index contributed by atoms with van der Waals surface area (Å²) in [5, 5.41) is 0.284. The van der Waals surface area contributed by atoms with Crippen molar-refractivity contribution in [2.24, 2.45) is 16.5 Å². The lowest BCUT2D eigenvalue weighted by atomic mass is 10.1. The average Bonchev–Trinajstić information content (AvgIpc) is 2.95. The fourth-order valence-corrected chi connectivity index (χ4v) is 2.15. The van der Waals surface area contributed by atoms with Gasteiger partial charge in [-0.3, -0.25) is 0 Å². The maximum absolute atomic E-state index is 12.4. The highest BCUT2D eigenvalue weighted by molar-refractivity contribution is 6.29. The molecule has 7 nitrogen and oxygen atoms in total. The Morgan fingerprint density at radius 1 is 1.28 bits per heavy atom. The van der Waals surface area contributed by atoms with E-state index in [9.17, 15) is 4.79 Å². The van der Waals surface area contributed by atoms with Gasteiger partial charge in [0.25, 0.3) is 0 Å². The molecule has 0 radical (unpaired) electrons. The van der Waals surface area contributed by atoms with Crippen molar-refractivity contribution >= 4 is 34.4 Å². The fraction of sp³-hybridized carbons (Fsp3) is 0.235. The van der Waals surface area contributed by atoms with Gasteiger partial charge in [-0.2, -0.15) is 0 Å². The highest BCUT2D eigenvalue weighted by atomic mass is 35.5. The number of H-pyrrole nitrogens is 1. The summed E-state index contributed by atoms with van der Waals surface area (Å²) in [6.07, 6.45) is 0. The SMILES string of the molecule is CC(C)=C(C(=O)OCc1nc2ccccc2[nH]1)/C(N)=N\C(N)=C(/C)Cl. The van der Waals surface area contributed by atoms with Gasteiger partial charge in [0.1, 0.15) is 29.7 Å². The number of imidazole rings is 1. The van der Waals surface area contributed by atoms with Gasteiger partial charge in [-0.15, -0.1) is 0 Å². The average molecular weight is 362 g/mol. The molecular formula is C17H20ClN5O2. The number of rotatable bonds is 5. The van der Waals surface area contributed by atoms with Crippen LogP contribution in [0.4, 0.5) is 0 Å². The Morgan fingerprint density at radius 3 is 2.56 bits per heavy atom. The Bertz CT molecular complexity index is 854. The van der Waals surface area contributed by atoms with Gasteiger partial charge in [0.2, 0.25) is 0 Å². The molecule has 0 saturated carbocycles. The van der Waals surface area contributed by atoms with Crippen LogP contribution in [0.25, 0.3) is 11.0 Å². The number of amidine groups is 1. The predicted octanol–water partition coefficient (Wildman–Crippen LogP) is 2.69. The zero-order valence-electron chi connectivity index (χ0n) is 14.3. The lowest BCUT2D eigenvalue weighted by Crippen LogP contribution is -2.25. The van der Waals surface area contributed by atoms with E-state index in [0.29, 0.717) is 11.4 Å². The monoisotopic (exact) mass is 361 g/mol. The topological polar surface area (TPSA) is 119 Å². The number of halogens is 1. The number of carbonyl (C=O) groups excluding carboxylic acids is 1. The number of esters is 1. The molecule has 0 aliphatic heterocycles. The molecule has 0 aliphatic carbocycles. The lowest BCUT2D eigenvalue weighted by molar-refractivity contribution is -0.139. The van der Waals surface area contributed by atoms with Gasteiger partial charge < -0.3 is 21.2 Å². The molecule has 1 heterocycles. The van der Waals surface area contributed by atoms with Crippen LogP contribution in [0.1, 0.15) is 26.6 Å². The molecule has 25 heavy (non-hydrogen) atoms. The van der Waals surface area contributed by atoms with Crippen LogP contribution in [-0.2, 0) is 16.1 Å². The van der Waals surface area contributed by atoms with Gasteiger partial charge >= 0.3 is 5.97 Å². The Morgan fingerprint density at radius 2 is 1.96 bits per heavy atom. The van der Waals surface area contributed by atoms with Crippen molar-refractivity contribution in [3.63, 3.8) is 0 Å². The Kier molecular flexibility index (Phi) is 5.82. The van der Waals surface area contributed by atoms with E-state index in [2.05, 4.69) is 15.0 Å². The van der Waals surface area contributed by atoms with E-state index in [0.717, 1.165) is 11.0 Å². The van der Waals surface area contributed by atoms with E-state index in [1.807, 2.05) is 24.3 Å². The molecule has 0 unspecified atom stereocenters. The third kappa shape index (κ3) is 4.60. The van der Waals surface area contributed by atoms with Crippen molar-refractivity contribution in [3.8, 4) is 0 Å². The number of nitrogens with two attached hydrogens (primary N) is 2. The van der Waals surface area contributed by atoms with E-state index in [4.69, 9.17) is 27.8 Å². The van der Waals surface area contributed by atoms with Crippen LogP contribution in [-0.4, -0.2) is 21.8 Å². The summed E-state index contributed by atoms with van der Waals surface area (Å²) in [6, 6.07) is 7.54. The largest absolute Gasteiger partial charge is 0.454 e. The fourth-order valence-electron chi connectivity index (χ4n) is 2.11. The third-order valence-corrected chi connectivity index (χ3v) is 3.53. The number of allylic oxidation sites excluding steroid dienone is 2. The molecule has 0 aliphatic rings. The van der Waals surface area contributed by atoms with Crippen LogP contribution in [0.5, 0.6) is 0 Å². The van der Waals surface area contributed by atoms with Crippen LogP contribution in [0, 0.1) is 0 Å². The summed E-state index contributed by atoms with van der Waals surface area (Å²) in [6.45, 7) is 5.02. The second-order valence-electron chi connectivity index (χ2n) is 5.57. The van der Waals surface area contributed by atoms with Gasteiger partial charge in [-0.25, -0.2) is 14.8 Å². The molecule has 8 heteroatoms. The summed E-state index contributed by atoms with van der Waals surface area (Å²) >= 11 is 5.76. The number of hydrogen-bond acceptors (Lipinski definition) is 5. The molecule has 0 fully saturated rings. The van der Waals surface area contributed by atoms with Gasteiger partial charge in [0.15, 0.2) is 0 Å². The number of nitrogens with zero attached hydrogens (tertiary/aromatic N) is 2. The van der Waals surface area contributed by atoms with Gasteiger partial charge in [-0.05, 0) is 32.9 Å². The molecule has 2 rings (SSSR count). The number of hydrogen-bond donors (Lipinski definition) is 3. The van der Waals surface area contributed by atoms with Crippen molar-refractivity contribution in [3.05, 3.63) is 52.1 Å². The second kappa shape index (κ2) is 7.85. The zero-order chi connectivity index (χ0) is 18.6. The summed E-state index contributed by atoms with van der Waals surface area (Å²) < 4.78 is 5.30. The Labute approximate surface area is 150 Å². The number of ether oxygens (including phenoxy) is 1. The first kappa shape index (κ1) is 18.5. The van der Waals surface area contributed by atoms with E-state index in [1.165, 1.54) is 0 Å². The lowest BCUT2D eigenvalue weighted by Gasteiger charge is -2.09.